The lowest BCUT2D eigenvalue weighted by atomic mass is 9.95. The van der Waals surface area contributed by atoms with Crippen LogP contribution >= 0.6 is 0 Å². The Kier molecular flexibility index (Phi) is 6.19. The largest absolute Gasteiger partial charge is 0.493 e. The van der Waals surface area contributed by atoms with Crippen molar-refractivity contribution in [1.82, 2.24) is 14.9 Å². The van der Waals surface area contributed by atoms with Gasteiger partial charge in [0.15, 0.2) is 11.5 Å². The molecule has 2 aromatic rings. The van der Waals surface area contributed by atoms with E-state index in [4.69, 9.17) is 14.2 Å². The van der Waals surface area contributed by atoms with Gasteiger partial charge >= 0.3 is 0 Å². The summed E-state index contributed by atoms with van der Waals surface area (Å²) in [6.07, 6.45) is 5.77. The Hall–Kier alpha value is -2.18. The van der Waals surface area contributed by atoms with Gasteiger partial charge in [0.25, 0.3) is 0 Å². The molecule has 2 heterocycles. The van der Waals surface area contributed by atoms with Crippen LogP contribution in [-0.2, 0) is 4.74 Å². The van der Waals surface area contributed by atoms with E-state index < -0.39 is 0 Å². The summed E-state index contributed by atoms with van der Waals surface area (Å²) in [4.78, 5) is 11.4. The Morgan fingerprint density at radius 2 is 2.00 bits per heavy atom. The van der Waals surface area contributed by atoms with Crippen LogP contribution in [0.25, 0.3) is 0 Å². The standard InChI is InChI=1S/C19H25N3O3/c1-23-11-10-22-9-5-6-15(14-22)16-12-20-13-19(21-16)25-18-8-4-3-7-17(18)24-2/h3-4,7-8,12-13,15H,5-6,9-11,14H2,1-2H3/t15-/m1/s1. The first-order valence-electron chi connectivity index (χ1n) is 8.64. The van der Waals surface area contributed by atoms with E-state index >= 15 is 0 Å². The molecule has 0 aliphatic carbocycles. The molecule has 0 radical (unpaired) electrons. The molecule has 0 spiro atoms. The maximum atomic E-state index is 5.89. The van der Waals surface area contributed by atoms with Crippen molar-refractivity contribution in [3.8, 4) is 17.4 Å². The molecule has 1 aromatic heterocycles. The third kappa shape index (κ3) is 4.67. The fourth-order valence-electron chi connectivity index (χ4n) is 3.14. The molecule has 6 heteroatoms. The highest BCUT2D eigenvalue weighted by Crippen LogP contribution is 2.31. The van der Waals surface area contributed by atoms with Gasteiger partial charge in [-0.05, 0) is 31.5 Å². The van der Waals surface area contributed by atoms with Gasteiger partial charge in [-0.25, -0.2) is 4.98 Å². The number of likely N-dealkylation sites (tertiary alicyclic amines) is 1. The number of hydrogen-bond donors (Lipinski definition) is 0. The summed E-state index contributed by atoms with van der Waals surface area (Å²) in [6.45, 7) is 3.81. The van der Waals surface area contributed by atoms with Crippen LogP contribution in [0.5, 0.6) is 17.4 Å². The van der Waals surface area contributed by atoms with E-state index in [0.717, 1.165) is 44.8 Å². The van der Waals surface area contributed by atoms with Crippen LogP contribution in [0.2, 0.25) is 0 Å². The van der Waals surface area contributed by atoms with Crippen molar-refractivity contribution in [3.63, 3.8) is 0 Å². The van der Waals surface area contributed by atoms with Crippen molar-refractivity contribution in [1.29, 1.82) is 0 Å². The number of piperidine rings is 1. The summed E-state index contributed by atoms with van der Waals surface area (Å²) in [6, 6.07) is 7.54. The van der Waals surface area contributed by atoms with Gasteiger partial charge in [0.1, 0.15) is 0 Å². The second kappa shape index (κ2) is 8.78. The van der Waals surface area contributed by atoms with E-state index in [-0.39, 0.29) is 0 Å². The highest BCUT2D eigenvalue weighted by Gasteiger charge is 2.23. The second-order valence-corrected chi connectivity index (χ2v) is 6.17. The maximum Gasteiger partial charge on any atom is 0.238 e. The number of aromatic nitrogens is 2. The van der Waals surface area contributed by atoms with E-state index in [1.807, 2.05) is 30.5 Å². The van der Waals surface area contributed by atoms with E-state index in [0.29, 0.717) is 23.3 Å². The van der Waals surface area contributed by atoms with E-state index in [1.54, 1.807) is 20.4 Å². The first-order chi connectivity index (χ1) is 12.3. The molecule has 1 aliphatic rings. The Labute approximate surface area is 148 Å². The van der Waals surface area contributed by atoms with Crippen LogP contribution in [-0.4, -0.2) is 55.3 Å². The molecule has 1 atom stereocenters. The minimum absolute atomic E-state index is 0.374. The van der Waals surface area contributed by atoms with Crippen LogP contribution in [0.3, 0.4) is 0 Å². The van der Waals surface area contributed by atoms with E-state index in [1.165, 1.54) is 0 Å². The summed E-state index contributed by atoms with van der Waals surface area (Å²) in [5.41, 5.74) is 0.981. The van der Waals surface area contributed by atoms with Gasteiger partial charge in [-0.15, -0.1) is 0 Å². The predicted octanol–water partition coefficient (Wildman–Crippen LogP) is 3.10. The van der Waals surface area contributed by atoms with Gasteiger partial charge < -0.3 is 19.1 Å². The highest BCUT2D eigenvalue weighted by atomic mass is 16.5. The molecule has 0 amide bonds. The van der Waals surface area contributed by atoms with Crippen molar-refractivity contribution in [2.45, 2.75) is 18.8 Å². The van der Waals surface area contributed by atoms with Crippen LogP contribution in [0.4, 0.5) is 0 Å². The molecule has 0 saturated carbocycles. The molecule has 1 aliphatic heterocycles. The maximum absolute atomic E-state index is 5.89. The molecule has 0 N–H and O–H groups in total. The zero-order chi connectivity index (χ0) is 17.5. The van der Waals surface area contributed by atoms with Crippen LogP contribution in [0.15, 0.2) is 36.7 Å². The van der Waals surface area contributed by atoms with E-state index in [9.17, 15) is 0 Å². The Bertz CT molecular complexity index is 680. The Morgan fingerprint density at radius 3 is 2.80 bits per heavy atom. The van der Waals surface area contributed by atoms with Gasteiger partial charge in [-0.3, -0.25) is 4.98 Å². The predicted molar refractivity (Wildman–Crippen MR) is 95.4 cm³/mol. The van der Waals surface area contributed by atoms with Gasteiger partial charge in [-0.1, -0.05) is 12.1 Å². The molecule has 0 bridgehead atoms. The lowest BCUT2D eigenvalue weighted by Crippen LogP contribution is -2.36. The van der Waals surface area contributed by atoms with Crippen molar-refractivity contribution in [3.05, 3.63) is 42.4 Å². The van der Waals surface area contributed by atoms with Crippen molar-refractivity contribution in [2.75, 3.05) is 40.5 Å². The highest BCUT2D eigenvalue weighted by molar-refractivity contribution is 5.41. The van der Waals surface area contributed by atoms with Gasteiger partial charge in [0.05, 0.1) is 25.6 Å². The van der Waals surface area contributed by atoms with Gasteiger partial charge in [0, 0.05) is 32.3 Å². The molecule has 1 saturated heterocycles. The number of ether oxygens (including phenoxy) is 3. The fourth-order valence-corrected chi connectivity index (χ4v) is 3.14. The molecular formula is C19H25N3O3. The molecule has 3 rings (SSSR count). The third-order valence-electron chi connectivity index (χ3n) is 4.45. The minimum Gasteiger partial charge on any atom is -0.493 e. The molecule has 6 nitrogen and oxygen atoms in total. The summed E-state index contributed by atoms with van der Waals surface area (Å²) in [5.74, 6) is 2.19. The number of para-hydroxylation sites is 2. The van der Waals surface area contributed by atoms with Crippen LogP contribution in [0.1, 0.15) is 24.5 Å². The molecule has 134 valence electrons. The quantitative estimate of drug-likeness (QED) is 0.770. The summed E-state index contributed by atoms with van der Waals surface area (Å²) >= 11 is 0. The average Bonchev–Trinajstić information content (AvgIpc) is 2.67. The summed E-state index contributed by atoms with van der Waals surface area (Å²) < 4.78 is 16.4. The topological polar surface area (TPSA) is 56.7 Å². The first kappa shape index (κ1) is 17.6. The van der Waals surface area contributed by atoms with Crippen LogP contribution < -0.4 is 9.47 Å². The summed E-state index contributed by atoms with van der Waals surface area (Å²) in [5, 5.41) is 0. The smallest absolute Gasteiger partial charge is 0.238 e. The van der Waals surface area contributed by atoms with Crippen LogP contribution in [0, 0.1) is 0 Å². The number of rotatable bonds is 7. The molecule has 1 aromatic carbocycles. The number of nitrogens with zero attached hydrogens (tertiary/aromatic N) is 3. The average molecular weight is 343 g/mol. The zero-order valence-electron chi connectivity index (χ0n) is 14.9. The van der Waals surface area contributed by atoms with Crippen molar-refractivity contribution >= 4 is 0 Å². The first-order valence-corrected chi connectivity index (χ1v) is 8.64. The zero-order valence-corrected chi connectivity index (χ0v) is 14.9. The molecule has 0 unspecified atom stereocenters. The molecule has 25 heavy (non-hydrogen) atoms. The van der Waals surface area contributed by atoms with Crippen molar-refractivity contribution < 1.29 is 14.2 Å². The second-order valence-electron chi connectivity index (χ2n) is 6.17. The summed E-state index contributed by atoms with van der Waals surface area (Å²) in [7, 11) is 3.37. The lowest BCUT2D eigenvalue weighted by Gasteiger charge is -2.32. The van der Waals surface area contributed by atoms with Gasteiger partial charge in [-0.2, -0.15) is 0 Å². The van der Waals surface area contributed by atoms with Crippen molar-refractivity contribution in [2.24, 2.45) is 0 Å². The number of benzene rings is 1. The normalized spacial score (nSPS) is 18.1. The monoisotopic (exact) mass is 343 g/mol. The van der Waals surface area contributed by atoms with Gasteiger partial charge in [0.2, 0.25) is 5.88 Å². The molecular weight excluding hydrogens is 318 g/mol. The molecule has 1 fully saturated rings. The Morgan fingerprint density at radius 1 is 1.16 bits per heavy atom. The number of methoxy groups -OCH3 is 2. The number of hydrogen-bond acceptors (Lipinski definition) is 6. The Balaban J connectivity index is 1.70. The lowest BCUT2D eigenvalue weighted by molar-refractivity contribution is 0.127. The van der Waals surface area contributed by atoms with E-state index in [2.05, 4.69) is 14.9 Å². The fraction of sp³-hybridized carbons (Fsp3) is 0.474. The minimum atomic E-state index is 0.374. The third-order valence-corrected chi connectivity index (χ3v) is 4.45. The SMILES string of the molecule is COCCN1CCC[C@@H](c2cncc(Oc3ccccc3OC)n2)C1.